The number of alkyl halides is 3. The fourth-order valence-corrected chi connectivity index (χ4v) is 3.90. The van der Waals surface area contributed by atoms with Crippen molar-refractivity contribution in [3.63, 3.8) is 0 Å². The number of hydrogen-bond donors (Lipinski definition) is 0. The van der Waals surface area contributed by atoms with Gasteiger partial charge in [0.05, 0.1) is 28.8 Å². The molecular weight excluding hydrogens is 443 g/mol. The van der Waals surface area contributed by atoms with Crippen LogP contribution in [0.25, 0.3) is 11.4 Å². The molecular formula is C25H24F3N5O. The molecule has 0 aliphatic heterocycles. The molecule has 6 nitrogen and oxygen atoms in total. The Kier molecular flexibility index (Phi) is 6.03. The molecule has 2 aromatic heterocycles. The number of carbonyl (C=O) groups is 1. The molecule has 0 aliphatic rings. The van der Waals surface area contributed by atoms with Crippen LogP contribution in [0.5, 0.6) is 0 Å². The van der Waals surface area contributed by atoms with Crippen LogP contribution in [0, 0.1) is 20.8 Å². The fraction of sp³-hybridized carbons (Fsp3) is 0.240. The number of hydrogen-bond acceptors (Lipinski definition) is 3. The molecule has 1 amide bonds. The molecule has 4 aromatic rings. The molecule has 4 rings (SSSR count). The summed E-state index contributed by atoms with van der Waals surface area (Å²) in [5, 5.41) is 8.46. The Morgan fingerprint density at radius 2 is 1.56 bits per heavy atom. The number of halogens is 3. The van der Waals surface area contributed by atoms with Gasteiger partial charge in [0.2, 0.25) is 0 Å². The quantitative estimate of drug-likeness (QED) is 0.402. The number of para-hydroxylation sites is 1. The van der Waals surface area contributed by atoms with Crippen LogP contribution in [-0.2, 0) is 12.7 Å². The average Bonchev–Trinajstić information content (AvgIpc) is 3.37. The zero-order valence-electron chi connectivity index (χ0n) is 19.3. The summed E-state index contributed by atoms with van der Waals surface area (Å²) in [4.78, 5) is 14.4. The fourth-order valence-electron chi connectivity index (χ4n) is 3.90. The summed E-state index contributed by atoms with van der Waals surface area (Å²) in [5.41, 5.74) is 2.70. The van der Waals surface area contributed by atoms with Gasteiger partial charge in [0, 0.05) is 24.8 Å². The van der Waals surface area contributed by atoms with Crippen molar-refractivity contribution in [1.29, 1.82) is 0 Å². The van der Waals surface area contributed by atoms with Crippen molar-refractivity contribution in [2.24, 2.45) is 0 Å². The van der Waals surface area contributed by atoms with Gasteiger partial charge < -0.3 is 4.90 Å². The minimum atomic E-state index is -4.77. The van der Waals surface area contributed by atoms with Gasteiger partial charge in [0.15, 0.2) is 5.69 Å². The number of aryl methyl sites for hydroxylation is 2. The molecule has 9 heteroatoms. The smallest absolute Gasteiger partial charge is 0.337 e. The van der Waals surface area contributed by atoms with E-state index in [1.165, 1.54) is 11.9 Å². The van der Waals surface area contributed by atoms with E-state index in [0.717, 1.165) is 33.4 Å². The van der Waals surface area contributed by atoms with E-state index in [1.54, 1.807) is 28.9 Å². The van der Waals surface area contributed by atoms with Crippen LogP contribution in [-0.4, -0.2) is 37.4 Å². The van der Waals surface area contributed by atoms with E-state index in [2.05, 4.69) is 10.2 Å². The number of carbonyl (C=O) groups excluding carboxylic acids is 1. The third-order valence-corrected chi connectivity index (χ3v) is 5.73. The lowest BCUT2D eigenvalue weighted by atomic mass is 10.1. The van der Waals surface area contributed by atoms with Gasteiger partial charge in [-0.1, -0.05) is 35.9 Å². The molecule has 2 heterocycles. The summed E-state index contributed by atoms with van der Waals surface area (Å²) >= 11 is 0. The van der Waals surface area contributed by atoms with Gasteiger partial charge in [-0.2, -0.15) is 23.4 Å². The van der Waals surface area contributed by atoms with E-state index >= 15 is 0 Å². The van der Waals surface area contributed by atoms with Crippen LogP contribution in [0.1, 0.15) is 38.6 Å². The predicted octanol–water partition coefficient (Wildman–Crippen LogP) is 5.27. The van der Waals surface area contributed by atoms with E-state index in [1.807, 2.05) is 51.1 Å². The minimum absolute atomic E-state index is 0.107. The Morgan fingerprint density at radius 3 is 2.18 bits per heavy atom. The molecule has 176 valence electrons. The lowest BCUT2D eigenvalue weighted by Crippen LogP contribution is -2.29. The van der Waals surface area contributed by atoms with Crippen molar-refractivity contribution in [3.05, 3.63) is 94.6 Å². The SMILES string of the molecule is Cc1ccc(-n2ncc(C(=O)N(C)Cc3c(C)nn(-c4ccccc4)c3C)c2C(F)(F)F)cc1. The van der Waals surface area contributed by atoms with Crippen molar-refractivity contribution >= 4 is 5.91 Å². The Labute approximate surface area is 195 Å². The maximum atomic E-state index is 14.0. The molecule has 34 heavy (non-hydrogen) atoms. The van der Waals surface area contributed by atoms with Gasteiger partial charge in [-0.25, -0.2) is 9.36 Å². The van der Waals surface area contributed by atoms with Crippen LogP contribution in [0.4, 0.5) is 13.2 Å². The maximum Gasteiger partial charge on any atom is 0.434 e. The van der Waals surface area contributed by atoms with Gasteiger partial charge in [0.25, 0.3) is 5.91 Å². The third-order valence-electron chi connectivity index (χ3n) is 5.73. The molecule has 0 aliphatic carbocycles. The van der Waals surface area contributed by atoms with Crippen molar-refractivity contribution in [2.75, 3.05) is 7.05 Å². The summed E-state index contributed by atoms with van der Waals surface area (Å²) in [5.74, 6) is -0.767. The number of aromatic nitrogens is 4. The number of amides is 1. The van der Waals surface area contributed by atoms with Crippen molar-refractivity contribution in [3.8, 4) is 11.4 Å². The van der Waals surface area contributed by atoms with Gasteiger partial charge in [-0.05, 0) is 45.0 Å². The van der Waals surface area contributed by atoms with E-state index < -0.39 is 23.3 Å². The second-order valence-corrected chi connectivity index (χ2v) is 8.21. The topological polar surface area (TPSA) is 56.0 Å². The molecule has 0 saturated carbocycles. The highest BCUT2D eigenvalue weighted by atomic mass is 19.4. The molecule has 0 saturated heterocycles. The first-order valence-electron chi connectivity index (χ1n) is 10.7. The molecule has 0 radical (unpaired) electrons. The zero-order chi connectivity index (χ0) is 24.6. The molecule has 0 spiro atoms. The van der Waals surface area contributed by atoms with Gasteiger partial charge >= 0.3 is 6.18 Å². The molecule has 0 unspecified atom stereocenters. The monoisotopic (exact) mass is 467 g/mol. The molecule has 0 fully saturated rings. The highest BCUT2D eigenvalue weighted by Crippen LogP contribution is 2.34. The van der Waals surface area contributed by atoms with Gasteiger partial charge in [0.1, 0.15) is 0 Å². The maximum absolute atomic E-state index is 14.0. The number of rotatable bonds is 5. The van der Waals surface area contributed by atoms with Crippen molar-refractivity contribution in [2.45, 2.75) is 33.5 Å². The number of benzene rings is 2. The lowest BCUT2D eigenvalue weighted by Gasteiger charge is -2.19. The van der Waals surface area contributed by atoms with Crippen LogP contribution >= 0.6 is 0 Å². The summed E-state index contributed by atoms with van der Waals surface area (Å²) in [6.07, 6.45) is -3.79. The van der Waals surface area contributed by atoms with Crippen LogP contribution < -0.4 is 0 Å². The molecule has 2 aromatic carbocycles. The third kappa shape index (κ3) is 4.33. The highest BCUT2D eigenvalue weighted by molar-refractivity contribution is 5.95. The highest BCUT2D eigenvalue weighted by Gasteiger charge is 2.41. The second kappa shape index (κ2) is 8.81. The summed E-state index contributed by atoms with van der Waals surface area (Å²) < 4.78 is 44.6. The predicted molar refractivity (Wildman–Crippen MR) is 122 cm³/mol. The Morgan fingerprint density at radius 1 is 0.941 bits per heavy atom. The first kappa shape index (κ1) is 23.3. The van der Waals surface area contributed by atoms with Crippen LogP contribution in [0.2, 0.25) is 0 Å². The molecule has 0 bridgehead atoms. The zero-order valence-corrected chi connectivity index (χ0v) is 19.3. The van der Waals surface area contributed by atoms with Crippen molar-refractivity contribution < 1.29 is 18.0 Å². The first-order chi connectivity index (χ1) is 16.1. The summed E-state index contributed by atoms with van der Waals surface area (Å²) in [7, 11) is 1.48. The van der Waals surface area contributed by atoms with E-state index in [4.69, 9.17) is 0 Å². The molecule has 0 atom stereocenters. The van der Waals surface area contributed by atoms with Gasteiger partial charge in [-0.3, -0.25) is 4.79 Å². The Hall–Kier alpha value is -3.88. The van der Waals surface area contributed by atoms with E-state index in [9.17, 15) is 18.0 Å². The summed E-state index contributed by atoms with van der Waals surface area (Å²) in [6.45, 7) is 5.63. The van der Waals surface area contributed by atoms with Crippen molar-refractivity contribution in [1.82, 2.24) is 24.5 Å². The van der Waals surface area contributed by atoms with Crippen LogP contribution in [0.15, 0.2) is 60.8 Å². The average molecular weight is 467 g/mol. The first-order valence-corrected chi connectivity index (χ1v) is 10.7. The largest absolute Gasteiger partial charge is 0.434 e. The van der Waals surface area contributed by atoms with Gasteiger partial charge in [-0.15, -0.1) is 0 Å². The van der Waals surface area contributed by atoms with E-state index in [-0.39, 0.29) is 12.2 Å². The Bertz CT molecular complexity index is 1320. The lowest BCUT2D eigenvalue weighted by molar-refractivity contribution is -0.143. The molecule has 0 N–H and O–H groups in total. The normalized spacial score (nSPS) is 11.6. The van der Waals surface area contributed by atoms with E-state index in [0.29, 0.717) is 5.69 Å². The Balaban J connectivity index is 1.67. The number of nitrogens with zero attached hydrogens (tertiary/aromatic N) is 5. The standard InChI is InChI=1S/C25H24F3N5O/c1-16-10-12-20(13-11-16)33-23(25(26,27)28)21(14-29-33)24(34)31(4)15-22-17(2)30-32(18(22)3)19-8-6-5-7-9-19/h5-14H,15H2,1-4H3. The minimum Gasteiger partial charge on any atom is -0.337 e. The second-order valence-electron chi connectivity index (χ2n) is 8.21. The summed E-state index contributed by atoms with van der Waals surface area (Å²) in [6, 6.07) is 16.0. The van der Waals surface area contributed by atoms with Crippen LogP contribution in [0.3, 0.4) is 0 Å².